The number of nitrogens with one attached hydrogen (secondary N) is 2. The van der Waals surface area contributed by atoms with E-state index in [4.69, 9.17) is 5.26 Å². The fourth-order valence-electron chi connectivity index (χ4n) is 2.13. The van der Waals surface area contributed by atoms with Crippen molar-refractivity contribution in [3.8, 4) is 6.07 Å². The SMILES string of the molecule is Cc1ccc(CNC(=O)C(C)(C)C(=O)Nc2ccc(C#N)cc2)cc1. The number of carbonyl (C=O) groups excluding carboxylic acids is 2. The van der Waals surface area contributed by atoms with Crippen LogP contribution in [0.4, 0.5) is 5.69 Å². The predicted molar refractivity (Wildman–Crippen MR) is 96.6 cm³/mol. The lowest BCUT2D eigenvalue weighted by atomic mass is 9.90. The van der Waals surface area contributed by atoms with E-state index in [0.717, 1.165) is 11.1 Å². The van der Waals surface area contributed by atoms with Crippen LogP contribution in [-0.2, 0) is 16.1 Å². The second-order valence-electron chi connectivity index (χ2n) is 6.44. The first-order valence-electron chi connectivity index (χ1n) is 7.98. The first kappa shape index (κ1) is 18.2. The average Bonchev–Trinajstić information content (AvgIpc) is 2.61. The second kappa shape index (κ2) is 7.63. The summed E-state index contributed by atoms with van der Waals surface area (Å²) in [6, 6.07) is 16.3. The molecule has 0 fully saturated rings. The molecule has 5 heteroatoms. The molecule has 2 aromatic rings. The van der Waals surface area contributed by atoms with Gasteiger partial charge in [0.05, 0.1) is 11.6 Å². The van der Waals surface area contributed by atoms with Crippen LogP contribution in [0.1, 0.15) is 30.5 Å². The summed E-state index contributed by atoms with van der Waals surface area (Å²) in [6.45, 7) is 5.53. The summed E-state index contributed by atoms with van der Waals surface area (Å²) in [5.74, 6) is -0.752. The summed E-state index contributed by atoms with van der Waals surface area (Å²) in [5.41, 5.74) is 1.95. The summed E-state index contributed by atoms with van der Waals surface area (Å²) < 4.78 is 0. The molecule has 0 unspecified atom stereocenters. The Bertz CT molecular complexity index is 800. The first-order valence-corrected chi connectivity index (χ1v) is 7.98. The van der Waals surface area contributed by atoms with E-state index in [-0.39, 0.29) is 5.91 Å². The summed E-state index contributed by atoms with van der Waals surface area (Å²) in [4.78, 5) is 24.9. The summed E-state index contributed by atoms with van der Waals surface area (Å²) >= 11 is 0. The first-order chi connectivity index (χ1) is 11.8. The van der Waals surface area contributed by atoms with Gasteiger partial charge in [0.2, 0.25) is 11.8 Å². The lowest BCUT2D eigenvalue weighted by Crippen LogP contribution is -2.44. The van der Waals surface area contributed by atoms with Gasteiger partial charge in [-0.2, -0.15) is 5.26 Å². The van der Waals surface area contributed by atoms with Crippen molar-refractivity contribution in [2.24, 2.45) is 5.41 Å². The van der Waals surface area contributed by atoms with Gasteiger partial charge in [-0.25, -0.2) is 0 Å². The molecule has 25 heavy (non-hydrogen) atoms. The molecule has 0 bridgehead atoms. The zero-order valence-electron chi connectivity index (χ0n) is 14.6. The quantitative estimate of drug-likeness (QED) is 0.824. The van der Waals surface area contributed by atoms with Gasteiger partial charge < -0.3 is 10.6 Å². The standard InChI is InChI=1S/C20H21N3O2/c1-14-4-6-16(7-5-14)13-22-18(24)20(2,3)19(25)23-17-10-8-15(12-21)9-11-17/h4-11H,13H2,1-3H3,(H,22,24)(H,23,25). The van der Waals surface area contributed by atoms with Crippen molar-refractivity contribution in [3.63, 3.8) is 0 Å². The highest BCUT2D eigenvalue weighted by Crippen LogP contribution is 2.19. The minimum Gasteiger partial charge on any atom is -0.351 e. The molecule has 0 aliphatic rings. The summed E-state index contributed by atoms with van der Waals surface area (Å²) in [7, 11) is 0. The number of aryl methyl sites for hydroxylation is 1. The van der Waals surface area contributed by atoms with Crippen LogP contribution < -0.4 is 10.6 Å². The highest BCUT2D eigenvalue weighted by molar-refractivity contribution is 6.09. The monoisotopic (exact) mass is 335 g/mol. The minimum atomic E-state index is -1.22. The van der Waals surface area contributed by atoms with Crippen LogP contribution in [0, 0.1) is 23.7 Å². The Labute approximate surface area is 147 Å². The normalized spacial score (nSPS) is 10.6. The van der Waals surface area contributed by atoms with E-state index in [1.807, 2.05) is 37.3 Å². The van der Waals surface area contributed by atoms with Crippen LogP contribution in [0.2, 0.25) is 0 Å². The number of hydrogen-bond donors (Lipinski definition) is 2. The average molecular weight is 335 g/mol. The molecule has 0 radical (unpaired) electrons. The molecule has 0 saturated heterocycles. The van der Waals surface area contributed by atoms with E-state index in [1.165, 1.54) is 0 Å². The van der Waals surface area contributed by atoms with Crippen molar-refractivity contribution in [1.82, 2.24) is 5.32 Å². The van der Waals surface area contributed by atoms with E-state index in [1.54, 1.807) is 38.1 Å². The highest BCUT2D eigenvalue weighted by atomic mass is 16.2. The zero-order valence-corrected chi connectivity index (χ0v) is 14.6. The van der Waals surface area contributed by atoms with E-state index < -0.39 is 11.3 Å². The van der Waals surface area contributed by atoms with Crippen molar-refractivity contribution in [3.05, 3.63) is 65.2 Å². The van der Waals surface area contributed by atoms with Crippen LogP contribution >= 0.6 is 0 Å². The Morgan fingerprint density at radius 1 is 1.00 bits per heavy atom. The number of carbonyl (C=O) groups is 2. The number of nitrogens with zero attached hydrogens (tertiary/aromatic N) is 1. The van der Waals surface area contributed by atoms with Gasteiger partial charge in [-0.3, -0.25) is 9.59 Å². The number of anilines is 1. The molecule has 2 amide bonds. The van der Waals surface area contributed by atoms with Gasteiger partial charge >= 0.3 is 0 Å². The summed E-state index contributed by atoms with van der Waals surface area (Å²) in [5, 5.41) is 14.3. The molecule has 0 aliphatic carbocycles. The van der Waals surface area contributed by atoms with Crippen LogP contribution in [-0.4, -0.2) is 11.8 Å². The van der Waals surface area contributed by atoms with Crippen LogP contribution in [0.25, 0.3) is 0 Å². The molecule has 2 aromatic carbocycles. The molecule has 0 atom stereocenters. The second-order valence-corrected chi connectivity index (χ2v) is 6.44. The lowest BCUT2D eigenvalue weighted by Gasteiger charge is -2.22. The van der Waals surface area contributed by atoms with Gasteiger partial charge in [-0.1, -0.05) is 29.8 Å². The molecule has 2 N–H and O–H groups in total. The van der Waals surface area contributed by atoms with Gasteiger partial charge in [0, 0.05) is 12.2 Å². The Hall–Kier alpha value is -3.13. The Morgan fingerprint density at radius 2 is 1.60 bits per heavy atom. The number of hydrogen-bond acceptors (Lipinski definition) is 3. The third-order valence-electron chi connectivity index (χ3n) is 3.98. The number of rotatable bonds is 5. The maximum absolute atomic E-state index is 12.4. The number of benzene rings is 2. The van der Waals surface area contributed by atoms with Gasteiger partial charge in [-0.05, 0) is 50.6 Å². The maximum Gasteiger partial charge on any atom is 0.239 e. The number of amides is 2. The maximum atomic E-state index is 12.4. The van der Waals surface area contributed by atoms with Crippen LogP contribution in [0.15, 0.2) is 48.5 Å². The van der Waals surface area contributed by atoms with Gasteiger partial charge in [0.25, 0.3) is 0 Å². The van der Waals surface area contributed by atoms with Crippen LogP contribution in [0.5, 0.6) is 0 Å². The molecule has 2 rings (SSSR count). The zero-order chi connectivity index (χ0) is 18.4. The molecule has 0 aliphatic heterocycles. The molecule has 0 heterocycles. The number of nitriles is 1. The molecule has 0 saturated carbocycles. The van der Waals surface area contributed by atoms with E-state index in [0.29, 0.717) is 17.8 Å². The van der Waals surface area contributed by atoms with Gasteiger partial charge in [0.15, 0.2) is 0 Å². The van der Waals surface area contributed by atoms with Crippen molar-refractivity contribution in [2.45, 2.75) is 27.3 Å². The predicted octanol–water partition coefficient (Wildman–Crippen LogP) is 3.15. The molecule has 0 spiro atoms. The Morgan fingerprint density at radius 3 is 2.16 bits per heavy atom. The lowest BCUT2D eigenvalue weighted by molar-refractivity contribution is -0.138. The van der Waals surface area contributed by atoms with E-state index in [2.05, 4.69) is 10.6 Å². The molecule has 128 valence electrons. The molecule has 5 nitrogen and oxygen atoms in total. The molecular weight excluding hydrogens is 314 g/mol. The Kier molecular flexibility index (Phi) is 5.56. The molecular formula is C20H21N3O2. The Balaban J connectivity index is 1.97. The van der Waals surface area contributed by atoms with Crippen molar-refractivity contribution >= 4 is 17.5 Å². The topological polar surface area (TPSA) is 82.0 Å². The summed E-state index contributed by atoms with van der Waals surface area (Å²) in [6.07, 6.45) is 0. The van der Waals surface area contributed by atoms with Gasteiger partial charge in [0.1, 0.15) is 5.41 Å². The van der Waals surface area contributed by atoms with E-state index >= 15 is 0 Å². The third kappa shape index (κ3) is 4.67. The minimum absolute atomic E-state index is 0.348. The largest absolute Gasteiger partial charge is 0.351 e. The van der Waals surface area contributed by atoms with Crippen molar-refractivity contribution in [2.75, 3.05) is 5.32 Å². The fraction of sp³-hybridized carbons (Fsp3) is 0.250. The smallest absolute Gasteiger partial charge is 0.239 e. The van der Waals surface area contributed by atoms with Gasteiger partial charge in [-0.15, -0.1) is 0 Å². The van der Waals surface area contributed by atoms with Crippen LogP contribution in [0.3, 0.4) is 0 Å². The van der Waals surface area contributed by atoms with Crippen molar-refractivity contribution < 1.29 is 9.59 Å². The van der Waals surface area contributed by atoms with Crippen molar-refractivity contribution in [1.29, 1.82) is 5.26 Å². The fourth-order valence-corrected chi connectivity index (χ4v) is 2.13. The highest BCUT2D eigenvalue weighted by Gasteiger charge is 2.35. The van der Waals surface area contributed by atoms with E-state index in [9.17, 15) is 9.59 Å². The third-order valence-corrected chi connectivity index (χ3v) is 3.98. The molecule has 0 aromatic heterocycles.